The fraction of sp³-hybridized carbons (Fsp3) is 0.158. The van der Waals surface area contributed by atoms with Crippen molar-refractivity contribution in [1.82, 2.24) is 0 Å². The number of methoxy groups -OCH3 is 1. The first-order chi connectivity index (χ1) is 11.5. The molecule has 0 heterocycles. The topological polar surface area (TPSA) is 59.3 Å². The van der Waals surface area contributed by atoms with Gasteiger partial charge < -0.3 is 9.47 Å². The summed E-state index contributed by atoms with van der Waals surface area (Å²) in [6, 6.07) is 16.0. The molecule has 0 amide bonds. The second kappa shape index (κ2) is 8.19. The molecule has 0 fully saturated rings. The van der Waals surface area contributed by atoms with Crippen LogP contribution in [-0.2, 0) is 9.53 Å². The van der Waals surface area contributed by atoms with Gasteiger partial charge in [-0.1, -0.05) is 41.9 Å². The molecule has 0 bridgehead atoms. The number of nitrogens with zero attached hydrogens (tertiary/aromatic N) is 1. The largest absolute Gasteiger partial charge is 0.497 e. The van der Waals surface area contributed by atoms with E-state index in [9.17, 15) is 10.1 Å². The van der Waals surface area contributed by atoms with Gasteiger partial charge in [-0.15, -0.1) is 0 Å². The Morgan fingerprint density at radius 2 is 1.88 bits per heavy atom. The molecule has 1 atom stereocenters. The van der Waals surface area contributed by atoms with E-state index in [2.05, 4.69) is 0 Å². The monoisotopic (exact) mass is 341 g/mol. The van der Waals surface area contributed by atoms with E-state index in [0.717, 1.165) is 0 Å². The Hall–Kier alpha value is -2.77. The van der Waals surface area contributed by atoms with Crippen LogP contribution in [-0.4, -0.2) is 13.1 Å². The SMILES string of the molecule is COc1ccc(/C=C(\C#N)C(=O)O[C@H](C)c2ccccc2Cl)cc1. The van der Waals surface area contributed by atoms with E-state index >= 15 is 0 Å². The molecule has 0 aliphatic rings. The zero-order valence-electron chi connectivity index (χ0n) is 13.3. The van der Waals surface area contributed by atoms with Gasteiger partial charge in [0, 0.05) is 10.6 Å². The lowest BCUT2D eigenvalue weighted by atomic mass is 10.1. The molecule has 0 aliphatic heterocycles. The van der Waals surface area contributed by atoms with Crippen molar-refractivity contribution in [1.29, 1.82) is 5.26 Å². The van der Waals surface area contributed by atoms with Gasteiger partial charge in [0.25, 0.3) is 0 Å². The van der Waals surface area contributed by atoms with Crippen LogP contribution in [0.25, 0.3) is 6.08 Å². The normalized spacial score (nSPS) is 12.2. The Labute approximate surface area is 145 Å². The maximum absolute atomic E-state index is 12.2. The van der Waals surface area contributed by atoms with E-state index in [-0.39, 0.29) is 5.57 Å². The zero-order valence-corrected chi connectivity index (χ0v) is 14.1. The van der Waals surface area contributed by atoms with Gasteiger partial charge >= 0.3 is 5.97 Å². The van der Waals surface area contributed by atoms with E-state index in [1.165, 1.54) is 6.08 Å². The minimum atomic E-state index is -0.694. The third kappa shape index (κ3) is 4.37. The highest BCUT2D eigenvalue weighted by Gasteiger charge is 2.17. The van der Waals surface area contributed by atoms with Crippen LogP contribution in [0.4, 0.5) is 0 Å². The summed E-state index contributed by atoms with van der Waals surface area (Å²) in [4.78, 5) is 12.2. The van der Waals surface area contributed by atoms with Crippen molar-refractivity contribution in [3.05, 3.63) is 70.3 Å². The lowest BCUT2D eigenvalue weighted by molar-refractivity contribution is -0.143. The van der Waals surface area contributed by atoms with Crippen LogP contribution in [0.15, 0.2) is 54.1 Å². The molecular formula is C19H16ClNO3. The predicted octanol–water partition coefficient (Wildman–Crippen LogP) is 4.56. The molecule has 24 heavy (non-hydrogen) atoms. The third-order valence-corrected chi connectivity index (χ3v) is 3.74. The van der Waals surface area contributed by atoms with Gasteiger partial charge in [0.05, 0.1) is 7.11 Å². The highest BCUT2D eigenvalue weighted by molar-refractivity contribution is 6.31. The maximum atomic E-state index is 12.2. The van der Waals surface area contributed by atoms with E-state index in [0.29, 0.717) is 21.9 Å². The van der Waals surface area contributed by atoms with Gasteiger partial charge in [-0.25, -0.2) is 4.79 Å². The fourth-order valence-electron chi connectivity index (χ4n) is 2.10. The summed E-state index contributed by atoms with van der Waals surface area (Å²) in [5.74, 6) is 0.00122. The van der Waals surface area contributed by atoms with E-state index in [1.807, 2.05) is 12.1 Å². The number of esters is 1. The van der Waals surface area contributed by atoms with Crippen LogP contribution in [0.2, 0.25) is 5.02 Å². The molecule has 0 saturated carbocycles. The summed E-state index contributed by atoms with van der Waals surface area (Å²) in [7, 11) is 1.57. The molecule has 4 nitrogen and oxygen atoms in total. The number of carbonyl (C=O) groups excluding carboxylic acids is 1. The number of hydrogen-bond acceptors (Lipinski definition) is 4. The average Bonchev–Trinajstić information content (AvgIpc) is 2.60. The molecule has 2 rings (SSSR count). The molecule has 0 aromatic heterocycles. The van der Waals surface area contributed by atoms with E-state index in [1.54, 1.807) is 56.5 Å². The van der Waals surface area contributed by atoms with E-state index in [4.69, 9.17) is 21.1 Å². The minimum absolute atomic E-state index is 0.0842. The number of carbonyl (C=O) groups is 1. The average molecular weight is 342 g/mol. The molecule has 0 unspecified atom stereocenters. The van der Waals surface area contributed by atoms with Gasteiger partial charge in [-0.2, -0.15) is 5.26 Å². The van der Waals surface area contributed by atoms with Gasteiger partial charge in [0.1, 0.15) is 23.5 Å². The number of ether oxygens (including phenoxy) is 2. The Morgan fingerprint density at radius 1 is 1.21 bits per heavy atom. The second-order valence-electron chi connectivity index (χ2n) is 5.01. The van der Waals surface area contributed by atoms with Crippen LogP contribution in [0.5, 0.6) is 5.75 Å². The van der Waals surface area contributed by atoms with Crippen molar-refractivity contribution in [3.8, 4) is 11.8 Å². The minimum Gasteiger partial charge on any atom is -0.497 e. The first-order valence-electron chi connectivity index (χ1n) is 7.26. The first kappa shape index (κ1) is 17.6. The molecule has 0 radical (unpaired) electrons. The van der Waals surface area contributed by atoms with Gasteiger partial charge in [-0.05, 0) is 36.8 Å². The maximum Gasteiger partial charge on any atom is 0.349 e. The summed E-state index contributed by atoms with van der Waals surface area (Å²) in [6.45, 7) is 1.71. The summed E-state index contributed by atoms with van der Waals surface area (Å²) in [6.07, 6.45) is 0.917. The molecule has 2 aromatic rings. The lowest BCUT2D eigenvalue weighted by Crippen LogP contribution is -2.11. The summed E-state index contributed by atoms with van der Waals surface area (Å²) in [5.41, 5.74) is 1.31. The van der Waals surface area contributed by atoms with Crippen LogP contribution in [0, 0.1) is 11.3 Å². The summed E-state index contributed by atoms with van der Waals surface area (Å²) >= 11 is 6.09. The number of benzene rings is 2. The van der Waals surface area contributed by atoms with Crippen molar-refractivity contribution in [3.63, 3.8) is 0 Å². The Kier molecular flexibility index (Phi) is 6.00. The molecular weight excluding hydrogens is 326 g/mol. The van der Waals surface area contributed by atoms with Gasteiger partial charge in [0.2, 0.25) is 0 Å². The molecule has 122 valence electrons. The third-order valence-electron chi connectivity index (χ3n) is 3.39. The quantitative estimate of drug-likeness (QED) is 0.454. The van der Waals surface area contributed by atoms with Gasteiger partial charge in [0.15, 0.2) is 0 Å². The van der Waals surface area contributed by atoms with Crippen molar-refractivity contribution in [2.24, 2.45) is 0 Å². The van der Waals surface area contributed by atoms with Crippen molar-refractivity contribution in [2.75, 3.05) is 7.11 Å². The number of rotatable bonds is 5. The summed E-state index contributed by atoms with van der Waals surface area (Å²) in [5, 5.41) is 9.74. The number of nitriles is 1. The molecule has 0 aliphatic carbocycles. The molecule has 5 heteroatoms. The first-order valence-corrected chi connectivity index (χ1v) is 7.64. The fourth-order valence-corrected chi connectivity index (χ4v) is 2.39. The van der Waals surface area contributed by atoms with Crippen LogP contribution >= 0.6 is 11.6 Å². The smallest absolute Gasteiger partial charge is 0.349 e. The summed E-state index contributed by atoms with van der Waals surface area (Å²) < 4.78 is 10.4. The van der Waals surface area contributed by atoms with Crippen molar-refractivity contribution >= 4 is 23.6 Å². The molecule has 0 spiro atoms. The lowest BCUT2D eigenvalue weighted by Gasteiger charge is -2.14. The zero-order chi connectivity index (χ0) is 17.5. The van der Waals surface area contributed by atoms with E-state index < -0.39 is 12.1 Å². The molecule has 0 saturated heterocycles. The van der Waals surface area contributed by atoms with Crippen LogP contribution in [0.1, 0.15) is 24.2 Å². The highest BCUT2D eigenvalue weighted by Crippen LogP contribution is 2.26. The molecule has 2 aromatic carbocycles. The number of halogens is 1. The standard InChI is InChI=1S/C19H16ClNO3/c1-13(17-5-3-4-6-18(17)20)24-19(22)15(12-21)11-14-7-9-16(23-2)10-8-14/h3-11,13H,1-2H3/b15-11+/t13-/m1/s1. The van der Waals surface area contributed by atoms with Crippen molar-refractivity contribution in [2.45, 2.75) is 13.0 Å². The number of hydrogen-bond donors (Lipinski definition) is 0. The van der Waals surface area contributed by atoms with Crippen LogP contribution < -0.4 is 4.74 Å². The highest BCUT2D eigenvalue weighted by atomic mass is 35.5. The molecule has 0 N–H and O–H groups in total. The second-order valence-corrected chi connectivity index (χ2v) is 5.42. The van der Waals surface area contributed by atoms with Crippen LogP contribution in [0.3, 0.4) is 0 Å². The Balaban J connectivity index is 2.15. The Bertz CT molecular complexity index is 791. The van der Waals surface area contributed by atoms with Crippen molar-refractivity contribution < 1.29 is 14.3 Å². The predicted molar refractivity (Wildman–Crippen MR) is 92.5 cm³/mol. The van der Waals surface area contributed by atoms with Gasteiger partial charge in [-0.3, -0.25) is 0 Å². The Morgan fingerprint density at radius 3 is 2.46 bits per heavy atom.